The van der Waals surface area contributed by atoms with Gasteiger partial charge in [-0.1, -0.05) is 43.7 Å². The molecule has 0 spiro atoms. The Morgan fingerprint density at radius 1 is 1.16 bits per heavy atom. The lowest BCUT2D eigenvalue weighted by molar-refractivity contribution is 0.0460. The van der Waals surface area contributed by atoms with Crippen molar-refractivity contribution in [3.05, 3.63) is 59.9 Å². The predicted octanol–water partition coefficient (Wildman–Crippen LogP) is 3.65. The fourth-order valence-corrected chi connectivity index (χ4v) is 1.92. The summed E-state index contributed by atoms with van der Waals surface area (Å²) in [5, 5.41) is 0. The number of aromatic nitrogens is 1. The molecule has 0 atom stereocenters. The average Bonchev–Trinajstić information content (AvgIpc) is 2.92. The standard InChI is InChI=1S/C16H19NO2/c1-2-3-11-17-12-7-10-15(17)16(18)19-13-14-8-5-4-6-9-14/h4-10,12H,2-3,11,13H2,1H3. The van der Waals surface area contributed by atoms with Crippen LogP contribution in [0.2, 0.25) is 0 Å². The van der Waals surface area contributed by atoms with E-state index in [4.69, 9.17) is 4.74 Å². The molecule has 0 aliphatic heterocycles. The van der Waals surface area contributed by atoms with E-state index in [1.807, 2.05) is 53.2 Å². The topological polar surface area (TPSA) is 31.2 Å². The zero-order valence-electron chi connectivity index (χ0n) is 11.2. The van der Waals surface area contributed by atoms with Gasteiger partial charge in [0.25, 0.3) is 0 Å². The normalized spacial score (nSPS) is 10.4. The van der Waals surface area contributed by atoms with E-state index in [1.54, 1.807) is 0 Å². The van der Waals surface area contributed by atoms with Gasteiger partial charge in [-0.15, -0.1) is 0 Å². The first kappa shape index (κ1) is 13.4. The number of ether oxygens (including phenoxy) is 1. The molecule has 3 nitrogen and oxygen atoms in total. The van der Waals surface area contributed by atoms with E-state index in [0.29, 0.717) is 12.3 Å². The quantitative estimate of drug-likeness (QED) is 0.740. The molecule has 0 bridgehead atoms. The average molecular weight is 257 g/mol. The molecular formula is C16H19NO2. The molecule has 100 valence electrons. The maximum absolute atomic E-state index is 12.0. The second-order valence-electron chi connectivity index (χ2n) is 4.50. The van der Waals surface area contributed by atoms with Crippen LogP contribution in [0.1, 0.15) is 35.8 Å². The van der Waals surface area contributed by atoms with Crippen molar-refractivity contribution in [3.8, 4) is 0 Å². The second-order valence-corrected chi connectivity index (χ2v) is 4.50. The maximum Gasteiger partial charge on any atom is 0.355 e. The first-order valence-electron chi connectivity index (χ1n) is 6.67. The fourth-order valence-electron chi connectivity index (χ4n) is 1.92. The van der Waals surface area contributed by atoms with Gasteiger partial charge in [-0.2, -0.15) is 0 Å². The minimum atomic E-state index is -0.259. The Morgan fingerprint density at radius 2 is 1.95 bits per heavy atom. The van der Waals surface area contributed by atoms with Crippen molar-refractivity contribution in [3.63, 3.8) is 0 Å². The van der Waals surface area contributed by atoms with Gasteiger partial charge >= 0.3 is 5.97 Å². The Kier molecular flexibility index (Phi) is 4.78. The predicted molar refractivity (Wildman–Crippen MR) is 74.9 cm³/mol. The molecule has 0 aliphatic rings. The van der Waals surface area contributed by atoms with Crippen molar-refractivity contribution in [1.29, 1.82) is 0 Å². The lowest BCUT2D eigenvalue weighted by Crippen LogP contribution is -2.12. The number of carbonyl (C=O) groups is 1. The highest BCUT2D eigenvalue weighted by Crippen LogP contribution is 2.09. The maximum atomic E-state index is 12.0. The Bertz CT molecular complexity index is 517. The summed E-state index contributed by atoms with van der Waals surface area (Å²) >= 11 is 0. The second kappa shape index (κ2) is 6.78. The lowest BCUT2D eigenvalue weighted by Gasteiger charge is -2.08. The Hall–Kier alpha value is -2.03. The number of nitrogens with zero attached hydrogens (tertiary/aromatic N) is 1. The van der Waals surface area contributed by atoms with E-state index in [2.05, 4.69) is 6.92 Å². The molecule has 0 saturated heterocycles. The van der Waals surface area contributed by atoms with Gasteiger partial charge in [0.05, 0.1) is 0 Å². The van der Waals surface area contributed by atoms with E-state index < -0.39 is 0 Å². The number of carbonyl (C=O) groups excluding carboxylic acids is 1. The Balaban J connectivity index is 1.94. The summed E-state index contributed by atoms with van der Waals surface area (Å²) in [7, 11) is 0. The molecule has 0 aliphatic carbocycles. The van der Waals surface area contributed by atoms with E-state index >= 15 is 0 Å². The van der Waals surface area contributed by atoms with E-state index in [-0.39, 0.29) is 5.97 Å². The molecular weight excluding hydrogens is 238 g/mol. The zero-order valence-corrected chi connectivity index (χ0v) is 11.2. The summed E-state index contributed by atoms with van der Waals surface area (Å²) < 4.78 is 7.29. The van der Waals surface area contributed by atoms with Crippen LogP contribution in [-0.2, 0) is 17.9 Å². The summed E-state index contributed by atoms with van der Waals surface area (Å²) in [6.07, 6.45) is 4.10. The summed E-state index contributed by atoms with van der Waals surface area (Å²) in [5.74, 6) is -0.259. The highest BCUT2D eigenvalue weighted by Gasteiger charge is 2.11. The number of aryl methyl sites for hydroxylation is 1. The highest BCUT2D eigenvalue weighted by molar-refractivity contribution is 5.87. The van der Waals surface area contributed by atoms with Crippen molar-refractivity contribution in [1.82, 2.24) is 4.57 Å². The van der Waals surface area contributed by atoms with E-state index in [0.717, 1.165) is 24.9 Å². The lowest BCUT2D eigenvalue weighted by atomic mass is 10.2. The van der Waals surface area contributed by atoms with Crippen molar-refractivity contribution in [2.24, 2.45) is 0 Å². The zero-order chi connectivity index (χ0) is 13.5. The van der Waals surface area contributed by atoms with Crippen molar-refractivity contribution in [2.75, 3.05) is 0 Å². The van der Waals surface area contributed by atoms with Crippen LogP contribution in [0.25, 0.3) is 0 Å². The summed E-state index contributed by atoms with van der Waals surface area (Å²) in [6.45, 7) is 3.31. The minimum Gasteiger partial charge on any atom is -0.456 e. The summed E-state index contributed by atoms with van der Waals surface area (Å²) in [4.78, 5) is 12.0. The molecule has 0 amide bonds. The monoisotopic (exact) mass is 257 g/mol. The van der Waals surface area contributed by atoms with Crippen LogP contribution >= 0.6 is 0 Å². The van der Waals surface area contributed by atoms with Gasteiger partial charge in [-0.25, -0.2) is 4.79 Å². The van der Waals surface area contributed by atoms with E-state index in [9.17, 15) is 4.79 Å². The SMILES string of the molecule is CCCCn1cccc1C(=O)OCc1ccccc1. The number of esters is 1. The first-order chi connectivity index (χ1) is 9.31. The van der Waals surface area contributed by atoms with Gasteiger partial charge in [0.15, 0.2) is 0 Å². The number of hydrogen-bond acceptors (Lipinski definition) is 2. The van der Waals surface area contributed by atoms with Crippen molar-refractivity contribution in [2.45, 2.75) is 32.9 Å². The molecule has 1 aromatic heterocycles. The highest BCUT2D eigenvalue weighted by atomic mass is 16.5. The number of hydrogen-bond donors (Lipinski definition) is 0. The van der Waals surface area contributed by atoms with Gasteiger partial charge in [0.1, 0.15) is 12.3 Å². The van der Waals surface area contributed by atoms with Crippen LogP contribution in [0.4, 0.5) is 0 Å². The number of rotatable bonds is 6. The molecule has 1 heterocycles. The van der Waals surface area contributed by atoms with Crippen LogP contribution in [0.3, 0.4) is 0 Å². The van der Waals surface area contributed by atoms with Crippen LogP contribution in [-0.4, -0.2) is 10.5 Å². The third-order valence-corrected chi connectivity index (χ3v) is 3.00. The Morgan fingerprint density at radius 3 is 2.68 bits per heavy atom. The van der Waals surface area contributed by atoms with Crippen molar-refractivity contribution >= 4 is 5.97 Å². The molecule has 2 aromatic rings. The molecule has 19 heavy (non-hydrogen) atoms. The molecule has 3 heteroatoms. The fraction of sp³-hybridized carbons (Fsp3) is 0.312. The molecule has 0 saturated carbocycles. The molecule has 0 unspecified atom stereocenters. The van der Waals surface area contributed by atoms with Crippen LogP contribution in [0, 0.1) is 0 Å². The molecule has 0 N–H and O–H groups in total. The van der Waals surface area contributed by atoms with E-state index in [1.165, 1.54) is 0 Å². The van der Waals surface area contributed by atoms with Gasteiger partial charge in [-0.3, -0.25) is 0 Å². The van der Waals surface area contributed by atoms with Crippen molar-refractivity contribution < 1.29 is 9.53 Å². The molecule has 0 fully saturated rings. The van der Waals surface area contributed by atoms with Gasteiger partial charge in [-0.05, 0) is 24.1 Å². The number of benzene rings is 1. The molecule has 2 rings (SSSR count). The minimum absolute atomic E-state index is 0.259. The third kappa shape index (κ3) is 3.71. The first-order valence-corrected chi connectivity index (χ1v) is 6.67. The van der Waals surface area contributed by atoms with Gasteiger partial charge in [0, 0.05) is 12.7 Å². The van der Waals surface area contributed by atoms with Crippen LogP contribution < -0.4 is 0 Å². The third-order valence-electron chi connectivity index (χ3n) is 3.00. The summed E-state index contributed by atoms with van der Waals surface area (Å²) in [5.41, 5.74) is 1.63. The van der Waals surface area contributed by atoms with Crippen LogP contribution in [0.5, 0.6) is 0 Å². The smallest absolute Gasteiger partial charge is 0.355 e. The van der Waals surface area contributed by atoms with Gasteiger partial charge < -0.3 is 9.30 Å². The molecule has 0 radical (unpaired) electrons. The van der Waals surface area contributed by atoms with Gasteiger partial charge in [0.2, 0.25) is 0 Å². The molecule has 1 aromatic carbocycles. The van der Waals surface area contributed by atoms with Crippen LogP contribution in [0.15, 0.2) is 48.7 Å². The largest absolute Gasteiger partial charge is 0.456 e. The summed E-state index contributed by atoms with van der Waals surface area (Å²) in [6, 6.07) is 13.4. The number of unbranched alkanes of at least 4 members (excludes halogenated alkanes) is 1. The Labute approximate surface area is 113 Å².